The quantitative estimate of drug-likeness (QED) is 0.873. The standard InChI is InChI=1S/C13H18FN3/c1-3-9(2)17-12(8-16-13(17)15)10-4-6-11(14)7-5-10/h4-7,9,12H,3,8H2,1-2H3,(H2,15,16). The summed E-state index contributed by atoms with van der Waals surface area (Å²) in [5, 5.41) is 0. The minimum atomic E-state index is -0.212. The van der Waals surface area contributed by atoms with Crippen LogP contribution in [-0.4, -0.2) is 23.4 Å². The third-order valence-electron chi connectivity index (χ3n) is 3.35. The van der Waals surface area contributed by atoms with Crippen LogP contribution in [0.15, 0.2) is 29.3 Å². The number of aliphatic imine (C=N–C) groups is 1. The van der Waals surface area contributed by atoms with Crippen molar-refractivity contribution >= 4 is 5.96 Å². The highest BCUT2D eigenvalue weighted by atomic mass is 19.1. The molecule has 2 atom stereocenters. The Morgan fingerprint density at radius 2 is 2.12 bits per heavy atom. The molecular formula is C13H18FN3. The van der Waals surface area contributed by atoms with E-state index in [1.54, 1.807) is 0 Å². The van der Waals surface area contributed by atoms with Crippen molar-refractivity contribution < 1.29 is 4.39 Å². The van der Waals surface area contributed by atoms with Crippen LogP contribution in [0.3, 0.4) is 0 Å². The Labute approximate surface area is 101 Å². The molecule has 0 saturated carbocycles. The fourth-order valence-electron chi connectivity index (χ4n) is 2.19. The van der Waals surface area contributed by atoms with Gasteiger partial charge >= 0.3 is 0 Å². The molecular weight excluding hydrogens is 217 g/mol. The zero-order chi connectivity index (χ0) is 12.4. The van der Waals surface area contributed by atoms with Gasteiger partial charge in [0.25, 0.3) is 0 Å². The second-order valence-electron chi connectivity index (χ2n) is 4.43. The number of hydrogen-bond acceptors (Lipinski definition) is 3. The summed E-state index contributed by atoms with van der Waals surface area (Å²) in [5.41, 5.74) is 6.98. The lowest BCUT2D eigenvalue weighted by molar-refractivity contribution is 0.268. The van der Waals surface area contributed by atoms with E-state index in [-0.39, 0.29) is 11.9 Å². The van der Waals surface area contributed by atoms with Gasteiger partial charge in [-0.15, -0.1) is 0 Å². The molecule has 1 aromatic rings. The van der Waals surface area contributed by atoms with Crippen molar-refractivity contribution in [1.82, 2.24) is 4.90 Å². The van der Waals surface area contributed by atoms with Crippen LogP contribution in [0.5, 0.6) is 0 Å². The molecule has 0 aromatic heterocycles. The molecule has 2 unspecified atom stereocenters. The van der Waals surface area contributed by atoms with E-state index in [1.807, 2.05) is 12.1 Å². The predicted molar refractivity (Wildman–Crippen MR) is 67.2 cm³/mol. The molecule has 0 fully saturated rings. The first-order valence-corrected chi connectivity index (χ1v) is 5.97. The van der Waals surface area contributed by atoms with Crippen LogP contribution in [0.2, 0.25) is 0 Å². The summed E-state index contributed by atoms with van der Waals surface area (Å²) in [6.07, 6.45) is 1.01. The monoisotopic (exact) mass is 235 g/mol. The zero-order valence-corrected chi connectivity index (χ0v) is 10.2. The van der Waals surface area contributed by atoms with E-state index < -0.39 is 0 Å². The normalized spacial score (nSPS) is 21.5. The highest BCUT2D eigenvalue weighted by molar-refractivity contribution is 5.80. The third kappa shape index (κ3) is 2.25. The van der Waals surface area contributed by atoms with Crippen molar-refractivity contribution in [3.8, 4) is 0 Å². The molecule has 0 radical (unpaired) electrons. The van der Waals surface area contributed by atoms with Crippen LogP contribution in [0, 0.1) is 5.82 Å². The first-order valence-electron chi connectivity index (χ1n) is 5.97. The van der Waals surface area contributed by atoms with Crippen molar-refractivity contribution in [2.75, 3.05) is 6.54 Å². The van der Waals surface area contributed by atoms with E-state index in [0.29, 0.717) is 18.5 Å². The lowest BCUT2D eigenvalue weighted by Crippen LogP contribution is -2.42. The Hall–Kier alpha value is -1.58. The first kappa shape index (κ1) is 11.9. The summed E-state index contributed by atoms with van der Waals surface area (Å²) in [5.74, 6) is 0.379. The number of benzene rings is 1. The van der Waals surface area contributed by atoms with E-state index in [9.17, 15) is 4.39 Å². The van der Waals surface area contributed by atoms with Crippen molar-refractivity contribution in [3.63, 3.8) is 0 Å². The van der Waals surface area contributed by atoms with Crippen LogP contribution >= 0.6 is 0 Å². The average molecular weight is 235 g/mol. The van der Waals surface area contributed by atoms with Crippen LogP contribution in [0.25, 0.3) is 0 Å². The number of nitrogens with zero attached hydrogens (tertiary/aromatic N) is 2. The first-order chi connectivity index (χ1) is 8.13. The molecule has 0 saturated heterocycles. The summed E-state index contributed by atoms with van der Waals surface area (Å²) < 4.78 is 12.9. The van der Waals surface area contributed by atoms with E-state index in [4.69, 9.17) is 5.73 Å². The molecule has 0 aliphatic carbocycles. The van der Waals surface area contributed by atoms with E-state index in [0.717, 1.165) is 12.0 Å². The lowest BCUT2D eigenvalue weighted by Gasteiger charge is -2.32. The van der Waals surface area contributed by atoms with Crippen molar-refractivity contribution in [2.24, 2.45) is 10.7 Å². The zero-order valence-electron chi connectivity index (χ0n) is 10.2. The van der Waals surface area contributed by atoms with Gasteiger partial charge in [-0.05, 0) is 31.0 Å². The number of halogens is 1. The Morgan fingerprint density at radius 3 is 2.71 bits per heavy atom. The van der Waals surface area contributed by atoms with Crippen molar-refractivity contribution in [1.29, 1.82) is 0 Å². The van der Waals surface area contributed by atoms with Gasteiger partial charge in [0, 0.05) is 6.04 Å². The number of nitrogens with two attached hydrogens (primary N) is 1. The molecule has 1 aliphatic heterocycles. The van der Waals surface area contributed by atoms with Gasteiger partial charge in [-0.2, -0.15) is 0 Å². The Balaban J connectivity index is 2.24. The maximum absolute atomic E-state index is 12.9. The van der Waals surface area contributed by atoms with Crippen LogP contribution in [0.1, 0.15) is 31.9 Å². The second-order valence-corrected chi connectivity index (χ2v) is 4.43. The number of guanidine groups is 1. The predicted octanol–water partition coefficient (Wildman–Crippen LogP) is 2.30. The second kappa shape index (κ2) is 4.73. The number of hydrogen-bond donors (Lipinski definition) is 1. The minimum Gasteiger partial charge on any atom is -0.370 e. The van der Waals surface area contributed by atoms with Gasteiger partial charge in [-0.1, -0.05) is 19.1 Å². The molecule has 92 valence electrons. The molecule has 1 aliphatic rings. The molecule has 0 bridgehead atoms. The highest BCUT2D eigenvalue weighted by Gasteiger charge is 2.30. The Bertz CT molecular complexity index is 413. The van der Waals surface area contributed by atoms with Gasteiger partial charge < -0.3 is 10.6 Å². The summed E-state index contributed by atoms with van der Waals surface area (Å²) in [6.45, 7) is 4.91. The minimum absolute atomic E-state index is 0.144. The van der Waals surface area contributed by atoms with Crippen molar-refractivity contribution in [2.45, 2.75) is 32.4 Å². The van der Waals surface area contributed by atoms with Gasteiger partial charge in [0.15, 0.2) is 5.96 Å². The van der Waals surface area contributed by atoms with E-state index in [2.05, 4.69) is 23.7 Å². The van der Waals surface area contributed by atoms with Gasteiger partial charge in [-0.3, -0.25) is 4.99 Å². The molecule has 2 rings (SSSR count). The molecule has 1 heterocycles. The molecule has 17 heavy (non-hydrogen) atoms. The van der Waals surface area contributed by atoms with Crippen LogP contribution < -0.4 is 5.73 Å². The molecule has 3 nitrogen and oxygen atoms in total. The molecule has 1 aromatic carbocycles. The topological polar surface area (TPSA) is 41.6 Å². The third-order valence-corrected chi connectivity index (χ3v) is 3.35. The molecule has 0 spiro atoms. The van der Waals surface area contributed by atoms with Crippen LogP contribution in [-0.2, 0) is 0 Å². The average Bonchev–Trinajstić information content (AvgIpc) is 2.71. The SMILES string of the molecule is CCC(C)N1C(N)=NCC1c1ccc(F)cc1. The highest BCUT2D eigenvalue weighted by Crippen LogP contribution is 2.28. The van der Waals surface area contributed by atoms with Gasteiger partial charge in [0.1, 0.15) is 5.82 Å². The van der Waals surface area contributed by atoms with Gasteiger partial charge in [0.2, 0.25) is 0 Å². The van der Waals surface area contributed by atoms with E-state index >= 15 is 0 Å². The smallest absolute Gasteiger partial charge is 0.192 e. The van der Waals surface area contributed by atoms with Crippen molar-refractivity contribution in [3.05, 3.63) is 35.6 Å². The summed E-state index contributed by atoms with van der Waals surface area (Å²) in [6, 6.07) is 7.08. The molecule has 0 amide bonds. The van der Waals surface area contributed by atoms with E-state index in [1.165, 1.54) is 12.1 Å². The molecule has 2 N–H and O–H groups in total. The largest absolute Gasteiger partial charge is 0.370 e. The number of rotatable bonds is 3. The summed E-state index contributed by atoms with van der Waals surface area (Å²) >= 11 is 0. The molecule has 4 heteroatoms. The Kier molecular flexibility index (Phi) is 3.31. The fourth-order valence-corrected chi connectivity index (χ4v) is 2.19. The van der Waals surface area contributed by atoms with Gasteiger partial charge in [-0.25, -0.2) is 4.39 Å². The van der Waals surface area contributed by atoms with Crippen LogP contribution in [0.4, 0.5) is 4.39 Å². The maximum atomic E-state index is 12.9. The maximum Gasteiger partial charge on any atom is 0.192 e. The van der Waals surface area contributed by atoms with Gasteiger partial charge in [0.05, 0.1) is 12.6 Å². The summed E-state index contributed by atoms with van der Waals surface area (Å²) in [4.78, 5) is 6.41. The lowest BCUT2D eigenvalue weighted by atomic mass is 10.0. The fraction of sp³-hybridized carbons (Fsp3) is 0.462. The summed E-state index contributed by atoms with van der Waals surface area (Å²) in [7, 11) is 0. The Morgan fingerprint density at radius 1 is 1.47 bits per heavy atom.